The molecule has 0 aliphatic rings. The molecule has 44 valence electrons. The number of hydrogen-bond acceptors (Lipinski definition) is 3. The number of thiol groups is 2. The molecular weight excluding hydrogens is 290 g/mol. The van der Waals surface area contributed by atoms with Gasteiger partial charge in [0.05, 0.1) is 0 Å². The van der Waals surface area contributed by atoms with Crippen LogP contribution in [0.15, 0.2) is 7.54 Å². The Morgan fingerprint density at radius 3 is 1.62 bits per heavy atom. The van der Waals surface area contributed by atoms with Crippen molar-refractivity contribution < 1.29 is 0 Å². The van der Waals surface area contributed by atoms with Crippen LogP contribution in [0.2, 0.25) is 0 Å². The molecule has 1 aromatic heterocycles. The molecular formula is C3H2S3Se2. The van der Waals surface area contributed by atoms with Gasteiger partial charge in [0.15, 0.2) is 0 Å². The van der Waals surface area contributed by atoms with Gasteiger partial charge in [-0.15, -0.1) is 0 Å². The second-order valence-electron chi connectivity index (χ2n) is 1.06. The first kappa shape index (κ1) is 7.67. The Labute approximate surface area is 75.6 Å². The molecule has 0 N–H and O–H groups in total. The SMILES string of the molecule is S=c1[se]c(S)c(S)[se]1. The molecule has 0 saturated heterocycles. The van der Waals surface area contributed by atoms with Crippen molar-refractivity contribution in [3.05, 3.63) is 2.26 Å². The van der Waals surface area contributed by atoms with E-state index in [2.05, 4.69) is 25.3 Å². The summed E-state index contributed by atoms with van der Waals surface area (Å²) in [5, 5.41) is 0. The summed E-state index contributed by atoms with van der Waals surface area (Å²) < 4.78 is 3.44. The summed E-state index contributed by atoms with van der Waals surface area (Å²) in [5.74, 6) is 0. The fourth-order valence-corrected chi connectivity index (χ4v) is 8.94. The van der Waals surface area contributed by atoms with Crippen molar-refractivity contribution in [1.82, 2.24) is 0 Å². The summed E-state index contributed by atoms with van der Waals surface area (Å²) in [6.07, 6.45) is 0. The summed E-state index contributed by atoms with van der Waals surface area (Å²) >= 11 is 14.2. The van der Waals surface area contributed by atoms with E-state index in [9.17, 15) is 0 Å². The molecule has 8 heavy (non-hydrogen) atoms. The molecule has 0 saturated carbocycles. The van der Waals surface area contributed by atoms with Gasteiger partial charge in [0.2, 0.25) is 0 Å². The minimum atomic E-state index is 0.384. The molecule has 0 atom stereocenters. The fourth-order valence-electron chi connectivity index (χ4n) is 0.266. The van der Waals surface area contributed by atoms with Crippen molar-refractivity contribution in [1.29, 1.82) is 0 Å². The Morgan fingerprint density at radius 1 is 1.12 bits per heavy atom. The zero-order valence-electron chi connectivity index (χ0n) is 3.62. The second-order valence-corrected chi connectivity index (χ2v) is 10.5. The van der Waals surface area contributed by atoms with Crippen molar-refractivity contribution in [3.63, 3.8) is 0 Å². The van der Waals surface area contributed by atoms with E-state index < -0.39 is 0 Å². The van der Waals surface area contributed by atoms with Crippen LogP contribution in [0.5, 0.6) is 0 Å². The summed E-state index contributed by atoms with van der Waals surface area (Å²) in [6.45, 7) is 0. The van der Waals surface area contributed by atoms with Crippen LogP contribution in [0.1, 0.15) is 0 Å². The van der Waals surface area contributed by atoms with Gasteiger partial charge in [-0.2, -0.15) is 0 Å². The Morgan fingerprint density at radius 2 is 1.50 bits per heavy atom. The Kier molecular flexibility index (Phi) is 2.98. The van der Waals surface area contributed by atoms with Crippen LogP contribution in [0.4, 0.5) is 0 Å². The maximum absolute atomic E-state index is 4.99. The Hall–Kier alpha value is 1.57. The molecule has 5 heteroatoms. The van der Waals surface area contributed by atoms with Crippen molar-refractivity contribution in [2.75, 3.05) is 0 Å². The van der Waals surface area contributed by atoms with E-state index in [1.54, 1.807) is 0 Å². The Balaban J connectivity index is 3.35. The Bertz CT molecular complexity index is 212. The average molecular weight is 292 g/mol. The maximum atomic E-state index is 4.99. The van der Waals surface area contributed by atoms with Crippen LogP contribution >= 0.6 is 37.5 Å². The predicted octanol–water partition coefficient (Wildman–Crippen LogP) is 1.11. The molecule has 0 radical (unpaired) electrons. The van der Waals surface area contributed by atoms with Gasteiger partial charge in [-0.25, -0.2) is 0 Å². The van der Waals surface area contributed by atoms with Crippen LogP contribution in [-0.4, -0.2) is 29.0 Å². The van der Waals surface area contributed by atoms with Gasteiger partial charge in [-0.3, -0.25) is 0 Å². The van der Waals surface area contributed by atoms with Gasteiger partial charge < -0.3 is 0 Å². The molecule has 0 spiro atoms. The summed E-state index contributed by atoms with van der Waals surface area (Å²) in [7, 11) is 0. The van der Waals surface area contributed by atoms with E-state index in [1.807, 2.05) is 0 Å². The van der Waals surface area contributed by atoms with Gasteiger partial charge in [0, 0.05) is 0 Å². The molecule has 0 bridgehead atoms. The van der Waals surface area contributed by atoms with E-state index in [4.69, 9.17) is 12.2 Å². The molecule has 0 aliphatic heterocycles. The summed E-state index contributed by atoms with van der Waals surface area (Å²) in [5.41, 5.74) is 0. The van der Waals surface area contributed by atoms with E-state index in [0.29, 0.717) is 29.0 Å². The molecule has 1 rings (SSSR count). The second kappa shape index (κ2) is 3.11. The van der Waals surface area contributed by atoms with Gasteiger partial charge in [-0.05, 0) is 0 Å². The monoisotopic (exact) mass is 294 g/mol. The first-order valence-electron chi connectivity index (χ1n) is 1.72. The molecule has 0 amide bonds. The van der Waals surface area contributed by atoms with Crippen LogP contribution in [0, 0.1) is 2.26 Å². The van der Waals surface area contributed by atoms with Gasteiger partial charge in [-0.1, -0.05) is 0 Å². The van der Waals surface area contributed by atoms with E-state index in [0.717, 1.165) is 7.54 Å². The molecule has 1 heterocycles. The topological polar surface area (TPSA) is 0 Å². The van der Waals surface area contributed by atoms with Crippen LogP contribution in [0.3, 0.4) is 0 Å². The van der Waals surface area contributed by atoms with Crippen LogP contribution < -0.4 is 0 Å². The van der Waals surface area contributed by atoms with E-state index in [-0.39, 0.29) is 0 Å². The third-order valence-electron chi connectivity index (χ3n) is 0.543. The normalized spacial score (nSPS) is 9.75. The van der Waals surface area contributed by atoms with Crippen molar-refractivity contribution >= 4 is 66.5 Å². The zero-order valence-corrected chi connectivity index (χ0v) is 9.65. The van der Waals surface area contributed by atoms with Gasteiger partial charge in [0.25, 0.3) is 0 Å². The fraction of sp³-hybridized carbons (Fsp3) is 0. The predicted molar refractivity (Wildman–Crippen MR) is 45.7 cm³/mol. The number of hydrogen-bond donors (Lipinski definition) is 2. The van der Waals surface area contributed by atoms with E-state index >= 15 is 0 Å². The molecule has 0 fully saturated rings. The summed E-state index contributed by atoms with van der Waals surface area (Å²) in [6, 6.07) is 0. The first-order chi connectivity index (χ1) is 3.70. The standard InChI is InChI=1S/C3H2S3Se2/c4-1-2(5)8-3(6)7-1/h4-5H. The molecule has 0 nitrogen and oxygen atoms in total. The molecule has 0 aromatic carbocycles. The third kappa shape index (κ3) is 1.77. The average Bonchev–Trinajstić information content (AvgIpc) is 1.85. The third-order valence-corrected chi connectivity index (χ3v) is 8.50. The molecule has 1 aromatic rings. The zero-order chi connectivity index (χ0) is 6.15. The first-order valence-corrected chi connectivity index (χ1v) is 6.45. The number of rotatable bonds is 0. The molecule has 0 aliphatic carbocycles. The van der Waals surface area contributed by atoms with Crippen molar-refractivity contribution in [2.45, 2.75) is 7.54 Å². The van der Waals surface area contributed by atoms with Crippen LogP contribution in [0.25, 0.3) is 0 Å². The minimum absolute atomic E-state index is 0.384. The quantitative estimate of drug-likeness (QED) is 0.410. The van der Waals surface area contributed by atoms with Crippen LogP contribution in [-0.2, 0) is 0 Å². The van der Waals surface area contributed by atoms with Crippen molar-refractivity contribution in [3.8, 4) is 0 Å². The van der Waals surface area contributed by atoms with E-state index in [1.165, 1.54) is 2.26 Å². The van der Waals surface area contributed by atoms with Gasteiger partial charge >= 0.3 is 76.3 Å². The summed E-state index contributed by atoms with van der Waals surface area (Å²) in [4.78, 5) is 0. The van der Waals surface area contributed by atoms with Gasteiger partial charge in [0.1, 0.15) is 0 Å². The van der Waals surface area contributed by atoms with Crippen molar-refractivity contribution in [2.24, 2.45) is 0 Å². The molecule has 0 unspecified atom stereocenters.